The second kappa shape index (κ2) is 7.22. The summed E-state index contributed by atoms with van der Waals surface area (Å²) in [4.78, 5) is 33.5. The van der Waals surface area contributed by atoms with E-state index in [9.17, 15) is 14.7 Å². The summed E-state index contributed by atoms with van der Waals surface area (Å²) in [6.45, 7) is 3.35. The summed E-state index contributed by atoms with van der Waals surface area (Å²) in [5.74, 6) is -0.660. The monoisotopic (exact) mass is 444 g/mol. The second-order valence-electron chi connectivity index (χ2n) is 7.00. The molecule has 3 atom stereocenters. The number of carbonyl (C=O) groups excluding carboxylic acids is 1. The molecule has 11 heteroatoms. The molecule has 0 spiro atoms. The molecule has 4 rings (SSSR count). The van der Waals surface area contributed by atoms with Crippen LogP contribution in [0.5, 0.6) is 0 Å². The highest BCUT2D eigenvalue weighted by atomic mass is 35.5. The van der Waals surface area contributed by atoms with Gasteiger partial charge < -0.3 is 25.0 Å². The van der Waals surface area contributed by atoms with Crippen molar-refractivity contribution in [2.75, 3.05) is 25.1 Å². The van der Waals surface area contributed by atoms with Crippen LogP contribution >= 0.6 is 34.5 Å². The van der Waals surface area contributed by atoms with Gasteiger partial charge in [0.25, 0.3) is 5.91 Å². The number of ether oxygens (including phenoxy) is 1. The highest BCUT2D eigenvalue weighted by molar-refractivity contribution is 7.17. The van der Waals surface area contributed by atoms with Crippen molar-refractivity contribution in [2.45, 2.75) is 19.6 Å². The smallest absolute Gasteiger partial charge is 0.347 e. The number of hydrogen-bond acceptors (Lipinski definition) is 6. The number of piperidine rings is 1. The SMILES string of the molecule is COCc1nc(N2C[C@@H]3[C@H](C2)[C@H]3NC(=O)c2[nH]c(C)c(Cl)c2Cl)sc1C(=O)O. The van der Waals surface area contributed by atoms with Crippen molar-refractivity contribution in [3.63, 3.8) is 0 Å². The number of nitrogens with zero attached hydrogens (tertiary/aromatic N) is 2. The maximum absolute atomic E-state index is 12.5. The number of aryl methyl sites for hydroxylation is 1. The standard InChI is InChI=1S/C17H18Cl2N4O4S/c1-6-10(18)11(19)13(20-6)15(24)22-12-7-3-23(4-8(7)12)17-21-9(5-27-2)14(28-17)16(25)26/h7-8,12,20H,3-5H2,1-2H3,(H,22,24)(H,25,26)/t7-,8+,12+. The Morgan fingerprint density at radius 3 is 2.57 bits per heavy atom. The molecule has 0 radical (unpaired) electrons. The van der Waals surface area contributed by atoms with Gasteiger partial charge in [-0.15, -0.1) is 0 Å². The number of anilines is 1. The number of carboxylic acid groups (broad SMARTS) is 1. The summed E-state index contributed by atoms with van der Waals surface area (Å²) in [5, 5.41) is 13.6. The lowest BCUT2D eigenvalue weighted by atomic mass is 10.3. The summed E-state index contributed by atoms with van der Waals surface area (Å²) in [6, 6.07) is 0.0690. The minimum atomic E-state index is -0.998. The molecule has 1 amide bonds. The van der Waals surface area contributed by atoms with Crippen molar-refractivity contribution in [1.29, 1.82) is 0 Å². The lowest BCUT2D eigenvalue weighted by Crippen LogP contribution is -2.34. The van der Waals surface area contributed by atoms with E-state index in [1.54, 1.807) is 6.92 Å². The molecule has 3 N–H and O–H groups in total. The van der Waals surface area contributed by atoms with E-state index < -0.39 is 5.97 Å². The van der Waals surface area contributed by atoms with E-state index in [4.69, 9.17) is 27.9 Å². The Balaban J connectivity index is 1.39. The van der Waals surface area contributed by atoms with Crippen molar-refractivity contribution < 1.29 is 19.4 Å². The van der Waals surface area contributed by atoms with E-state index in [0.29, 0.717) is 46.5 Å². The second-order valence-corrected chi connectivity index (χ2v) is 8.73. The normalized spacial score (nSPS) is 23.0. The Labute approximate surface area is 174 Å². The number of carbonyl (C=O) groups is 2. The lowest BCUT2D eigenvalue weighted by Gasteiger charge is -2.19. The van der Waals surface area contributed by atoms with Crippen molar-refractivity contribution in [3.05, 3.63) is 32.0 Å². The van der Waals surface area contributed by atoms with Crippen LogP contribution in [0.25, 0.3) is 0 Å². The molecule has 28 heavy (non-hydrogen) atoms. The fourth-order valence-corrected chi connectivity index (χ4v) is 5.07. The Bertz CT molecular complexity index is 947. The first-order chi connectivity index (χ1) is 13.3. The number of fused-ring (bicyclic) bond motifs is 1. The molecule has 1 saturated heterocycles. The number of hydrogen-bond donors (Lipinski definition) is 3. The van der Waals surface area contributed by atoms with E-state index in [1.165, 1.54) is 7.11 Å². The van der Waals surface area contributed by atoms with Gasteiger partial charge >= 0.3 is 5.97 Å². The van der Waals surface area contributed by atoms with E-state index >= 15 is 0 Å². The molecule has 0 aromatic carbocycles. The molecule has 2 aliphatic rings. The molecule has 0 bridgehead atoms. The van der Waals surface area contributed by atoms with E-state index in [0.717, 1.165) is 11.3 Å². The average Bonchev–Trinajstić information content (AvgIpc) is 3.04. The molecule has 1 saturated carbocycles. The first-order valence-electron chi connectivity index (χ1n) is 8.63. The molecule has 2 fully saturated rings. The fourth-order valence-electron chi connectivity index (χ4n) is 3.72. The van der Waals surface area contributed by atoms with Crippen molar-refractivity contribution in [1.82, 2.24) is 15.3 Å². The zero-order chi connectivity index (χ0) is 20.2. The number of halogens is 2. The number of nitrogens with one attached hydrogen (secondary N) is 2. The molecule has 2 aromatic heterocycles. The average molecular weight is 445 g/mol. The van der Waals surface area contributed by atoms with Gasteiger partial charge in [-0.1, -0.05) is 34.5 Å². The van der Waals surface area contributed by atoms with Crippen LogP contribution < -0.4 is 10.2 Å². The van der Waals surface area contributed by atoms with Gasteiger partial charge in [-0.25, -0.2) is 9.78 Å². The van der Waals surface area contributed by atoms with Crippen LogP contribution in [0, 0.1) is 18.8 Å². The Hall–Kier alpha value is -1.81. The summed E-state index contributed by atoms with van der Waals surface area (Å²) < 4.78 is 5.04. The number of amides is 1. The zero-order valence-electron chi connectivity index (χ0n) is 15.1. The minimum Gasteiger partial charge on any atom is -0.477 e. The third-order valence-corrected chi connectivity index (χ3v) is 7.30. The molecule has 0 unspecified atom stereocenters. The maximum atomic E-state index is 12.5. The van der Waals surface area contributed by atoms with Crippen LogP contribution in [-0.2, 0) is 11.3 Å². The van der Waals surface area contributed by atoms with Crippen LogP contribution in [0.3, 0.4) is 0 Å². The number of carboxylic acids is 1. The minimum absolute atomic E-state index is 0.0690. The highest BCUT2D eigenvalue weighted by Gasteiger charge is 2.57. The summed E-state index contributed by atoms with van der Waals surface area (Å²) >= 11 is 13.3. The molecular weight excluding hydrogens is 427 g/mol. The topological polar surface area (TPSA) is 108 Å². The molecule has 1 aliphatic carbocycles. The number of aromatic nitrogens is 2. The van der Waals surface area contributed by atoms with E-state index in [2.05, 4.69) is 20.2 Å². The summed E-state index contributed by atoms with van der Waals surface area (Å²) in [7, 11) is 1.51. The van der Waals surface area contributed by atoms with Crippen LogP contribution in [-0.4, -0.2) is 53.2 Å². The van der Waals surface area contributed by atoms with Gasteiger partial charge in [0.05, 0.1) is 22.3 Å². The summed E-state index contributed by atoms with van der Waals surface area (Å²) in [6.07, 6.45) is 0. The van der Waals surface area contributed by atoms with E-state index in [1.807, 2.05) is 0 Å². The Morgan fingerprint density at radius 2 is 2.04 bits per heavy atom. The quantitative estimate of drug-likeness (QED) is 0.631. The Kier molecular flexibility index (Phi) is 5.03. The molecule has 8 nitrogen and oxygen atoms in total. The van der Waals surface area contributed by atoms with Crippen molar-refractivity contribution >= 4 is 51.5 Å². The number of aromatic carboxylic acids is 1. The highest BCUT2D eigenvalue weighted by Crippen LogP contribution is 2.48. The Morgan fingerprint density at radius 1 is 1.36 bits per heavy atom. The maximum Gasteiger partial charge on any atom is 0.347 e. The first kappa shape index (κ1) is 19.5. The zero-order valence-corrected chi connectivity index (χ0v) is 17.4. The summed E-state index contributed by atoms with van der Waals surface area (Å²) in [5.41, 5.74) is 1.37. The lowest BCUT2D eigenvalue weighted by molar-refractivity contribution is 0.0696. The molecule has 150 valence electrons. The van der Waals surface area contributed by atoms with Crippen LogP contribution in [0.2, 0.25) is 10.0 Å². The number of rotatable bonds is 6. The van der Waals surface area contributed by atoms with Gasteiger partial charge in [0.2, 0.25) is 0 Å². The number of methoxy groups -OCH3 is 1. The van der Waals surface area contributed by atoms with Gasteiger partial charge in [0.15, 0.2) is 5.13 Å². The van der Waals surface area contributed by atoms with Gasteiger partial charge in [-0.05, 0) is 6.92 Å². The van der Waals surface area contributed by atoms with Crippen LogP contribution in [0.4, 0.5) is 5.13 Å². The van der Waals surface area contributed by atoms with Crippen LogP contribution in [0.1, 0.15) is 31.5 Å². The van der Waals surface area contributed by atoms with Gasteiger partial charge in [0, 0.05) is 43.8 Å². The number of aromatic amines is 1. The predicted molar refractivity (Wildman–Crippen MR) is 106 cm³/mol. The van der Waals surface area contributed by atoms with Crippen molar-refractivity contribution in [2.24, 2.45) is 11.8 Å². The number of thiazole rings is 1. The molecule has 1 aliphatic heterocycles. The van der Waals surface area contributed by atoms with Gasteiger partial charge in [-0.3, -0.25) is 4.79 Å². The molecule has 2 aromatic rings. The van der Waals surface area contributed by atoms with Crippen LogP contribution in [0.15, 0.2) is 0 Å². The van der Waals surface area contributed by atoms with E-state index in [-0.39, 0.29) is 34.1 Å². The van der Waals surface area contributed by atoms with Crippen molar-refractivity contribution in [3.8, 4) is 0 Å². The first-order valence-corrected chi connectivity index (χ1v) is 10.2. The van der Waals surface area contributed by atoms with Gasteiger partial charge in [0.1, 0.15) is 10.6 Å². The largest absolute Gasteiger partial charge is 0.477 e. The third kappa shape index (κ3) is 3.26. The predicted octanol–water partition coefficient (Wildman–Crippen LogP) is 2.80. The fraction of sp³-hybridized carbons (Fsp3) is 0.471. The molecular formula is C17H18Cl2N4O4S. The third-order valence-electron chi connectivity index (χ3n) is 5.20. The molecule has 3 heterocycles. The number of H-pyrrole nitrogens is 1. The van der Waals surface area contributed by atoms with Gasteiger partial charge in [-0.2, -0.15) is 0 Å².